The summed E-state index contributed by atoms with van der Waals surface area (Å²) in [6.45, 7) is 6.52. The number of para-hydroxylation sites is 1. The number of amides is 4. The fourth-order valence-corrected chi connectivity index (χ4v) is 7.10. The van der Waals surface area contributed by atoms with Crippen LogP contribution in [0.15, 0.2) is 76.4 Å². The molecular formula is C32H32ClN5O4S. The number of aromatic nitrogens is 1. The second-order valence-corrected chi connectivity index (χ2v) is 12.6. The first-order valence-electron chi connectivity index (χ1n) is 14.2. The number of anilines is 2. The zero-order chi connectivity index (χ0) is 30.2. The Morgan fingerprint density at radius 2 is 1.88 bits per heavy atom. The first-order chi connectivity index (χ1) is 20.7. The second-order valence-electron chi connectivity index (χ2n) is 11.1. The van der Waals surface area contributed by atoms with Crippen molar-refractivity contribution >= 4 is 52.6 Å². The maximum atomic E-state index is 13.6. The van der Waals surface area contributed by atoms with Crippen LogP contribution in [0.2, 0.25) is 0 Å². The third kappa shape index (κ3) is 5.69. The number of nitrogens with zero attached hydrogens (tertiary/aromatic N) is 3. The van der Waals surface area contributed by atoms with E-state index in [-0.39, 0.29) is 28.9 Å². The molecule has 6 rings (SSSR count). The van der Waals surface area contributed by atoms with Gasteiger partial charge >= 0.3 is 6.03 Å². The number of rotatable bonds is 6. The Hall–Kier alpha value is -4.02. The van der Waals surface area contributed by atoms with Crippen LogP contribution in [0.3, 0.4) is 0 Å². The van der Waals surface area contributed by atoms with Gasteiger partial charge in [0.25, 0.3) is 5.91 Å². The van der Waals surface area contributed by atoms with E-state index in [0.717, 1.165) is 35.3 Å². The normalized spacial score (nSPS) is 20.7. The minimum Gasteiger partial charge on any atom is -0.457 e. The lowest BCUT2D eigenvalue weighted by Crippen LogP contribution is -2.53. The predicted molar refractivity (Wildman–Crippen MR) is 167 cm³/mol. The van der Waals surface area contributed by atoms with Gasteiger partial charge < -0.3 is 20.3 Å². The summed E-state index contributed by atoms with van der Waals surface area (Å²) in [5, 5.41) is 6.54. The average molecular weight is 618 g/mol. The predicted octanol–water partition coefficient (Wildman–Crippen LogP) is 6.20. The quantitative estimate of drug-likeness (QED) is 0.319. The number of pyridine rings is 1. The first kappa shape index (κ1) is 29.1. The van der Waals surface area contributed by atoms with E-state index in [1.54, 1.807) is 29.8 Å². The van der Waals surface area contributed by atoms with Crippen LogP contribution in [0.4, 0.5) is 16.2 Å². The van der Waals surface area contributed by atoms with Crippen molar-refractivity contribution in [3.63, 3.8) is 0 Å². The van der Waals surface area contributed by atoms with Crippen molar-refractivity contribution in [1.29, 1.82) is 0 Å². The maximum Gasteiger partial charge on any atom is 0.327 e. The standard InChI is InChI=1S/C32H32ClN5O4S/c1-18(2)26(33)31(40)37-15-7-8-20(17-37)35-29(39)28-27-25-24(13-14-34-30(25)43-28)38(32(41)36-27)23-12-11-22(16-19(23)3)42-21-9-5-4-6-10-21/h4-6,9-14,16,20,27-28H,7-8,15,17H2,1-3H3,(H,35,39)(H,36,41)/t20?,27?,28-/m1/s1. The smallest absolute Gasteiger partial charge is 0.327 e. The number of likely N-dealkylation sites (tertiary alicyclic amines) is 1. The van der Waals surface area contributed by atoms with Crippen LogP contribution in [-0.2, 0) is 9.59 Å². The molecule has 4 heterocycles. The molecule has 2 unspecified atom stereocenters. The molecule has 0 bridgehead atoms. The van der Waals surface area contributed by atoms with E-state index in [9.17, 15) is 14.4 Å². The number of carbonyl (C=O) groups excluding carboxylic acids is 3. The molecule has 3 atom stereocenters. The maximum absolute atomic E-state index is 13.6. The molecule has 1 saturated heterocycles. The monoisotopic (exact) mass is 617 g/mol. The highest BCUT2D eigenvalue weighted by molar-refractivity contribution is 8.01. The van der Waals surface area contributed by atoms with Crippen LogP contribution in [-0.4, -0.2) is 52.1 Å². The van der Waals surface area contributed by atoms with E-state index >= 15 is 0 Å². The third-order valence-corrected chi connectivity index (χ3v) is 9.66. The molecule has 1 aromatic heterocycles. The number of benzene rings is 2. The minimum atomic E-state index is -0.593. The van der Waals surface area contributed by atoms with Crippen molar-refractivity contribution in [2.45, 2.75) is 56.0 Å². The number of allylic oxidation sites excluding steroid dienone is 1. The van der Waals surface area contributed by atoms with Gasteiger partial charge in [-0.25, -0.2) is 9.78 Å². The Labute approximate surface area is 259 Å². The average Bonchev–Trinajstić information content (AvgIpc) is 3.37. The van der Waals surface area contributed by atoms with Crippen molar-refractivity contribution in [2.24, 2.45) is 0 Å². The van der Waals surface area contributed by atoms with E-state index in [1.807, 2.05) is 61.5 Å². The number of hydrogen-bond donors (Lipinski definition) is 2. The van der Waals surface area contributed by atoms with Gasteiger partial charge in [-0.05, 0) is 75.6 Å². The highest BCUT2D eigenvalue weighted by atomic mass is 35.5. The molecule has 3 aromatic rings. The summed E-state index contributed by atoms with van der Waals surface area (Å²) in [6.07, 6.45) is 3.19. The van der Waals surface area contributed by atoms with E-state index in [4.69, 9.17) is 16.3 Å². The molecule has 3 aliphatic rings. The summed E-state index contributed by atoms with van der Waals surface area (Å²) >= 11 is 7.58. The second kappa shape index (κ2) is 11.9. The molecule has 2 N–H and O–H groups in total. The molecule has 222 valence electrons. The van der Waals surface area contributed by atoms with Crippen LogP contribution in [0.5, 0.6) is 11.5 Å². The Morgan fingerprint density at radius 3 is 2.63 bits per heavy atom. The van der Waals surface area contributed by atoms with Crippen molar-refractivity contribution in [3.05, 3.63) is 82.5 Å². The van der Waals surface area contributed by atoms with Gasteiger partial charge in [0.15, 0.2) is 0 Å². The Kier molecular flexibility index (Phi) is 8.07. The van der Waals surface area contributed by atoms with Gasteiger partial charge in [-0.2, -0.15) is 0 Å². The largest absolute Gasteiger partial charge is 0.457 e. The van der Waals surface area contributed by atoms with Crippen LogP contribution in [0.1, 0.15) is 43.9 Å². The lowest BCUT2D eigenvalue weighted by Gasteiger charge is -2.36. The van der Waals surface area contributed by atoms with E-state index < -0.39 is 11.3 Å². The summed E-state index contributed by atoms with van der Waals surface area (Å²) in [4.78, 5) is 47.9. The fraction of sp³-hybridized carbons (Fsp3) is 0.312. The molecule has 1 fully saturated rings. The number of carbonyl (C=O) groups is 3. The number of hydrogen-bond acceptors (Lipinski definition) is 6. The molecule has 0 spiro atoms. The molecule has 4 amide bonds. The van der Waals surface area contributed by atoms with Crippen LogP contribution in [0, 0.1) is 6.92 Å². The SMILES string of the molecule is CC(C)=C(Cl)C(=O)N1CCCC(NC(=O)[C@@H]2Sc3nccc4c3C2NC(=O)N4c2ccc(Oc3ccccc3)cc2C)C1. The Balaban J connectivity index is 1.20. The van der Waals surface area contributed by atoms with Crippen LogP contribution < -0.4 is 20.3 Å². The third-order valence-electron chi connectivity index (χ3n) is 7.83. The lowest BCUT2D eigenvalue weighted by molar-refractivity contribution is -0.129. The summed E-state index contributed by atoms with van der Waals surface area (Å²) in [5.74, 6) is 0.984. The molecule has 11 heteroatoms. The number of ether oxygens (including phenoxy) is 1. The number of piperidine rings is 1. The van der Waals surface area contributed by atoms with Crippen molar-refractivity contribution in [1.82, 2.24) is 20.5 Å². The molecule has 9 nitrogen and oxygen atoms in total. The molecular weight excluding hydrogens is 586 g/mol. The van der Waals surface area contributed by atoms with Crippen LogP contribution in [0.25, 0.3) is 0 Å². The molecule has 43 heavy (non-hydrogen) atoms. The molecule has 0 radical (unpaired) electrons. The van der Waals surface area contributed by atoms with Gasteiger partial charge in [-0.15, -0.1) is 0 Å². The lowest BCUT2D eigenvalue weighted by atomic mass is 9.98. The summed E-state index contributed by atoms with van der Waals surface area (Å²) in [7, 11) is 0. The van der Waals surface area contributed by atoms with E-state index in [2.05, 4.69) is 15.6 Å². The van der Waals surface area contributed by atoms with Gasteiger partial charge in [-0.3, -0.25) is 14.5 Å². The number of halogens is 1. The van der Waals surface area contributed by atoms with Gasteiger partial charge in [0, 0.05) is 30.9 Å². The molecule has 0 aliphatic carbocycles. The zero-order valence-corrected chi connectivity index (χ0v) is 25.7. The molecule has 3 aliphatic heterocycles. The van der Waals surface area contributed by atoms with E-state index in [0.29, 0.717) is 35.2 Å². The van der Waals surface area contributed by atoms with Gasteiger partial charge in [0.05, 0.1) is 17.4 Å². The van der Waals surface area contributed by atoms with Gasteiger partial charge in [0.1, 0.15) is 26.8 Å². The van der Waals surface area contributed by atoms with Crippen molar-refractivity contribution in [2.75, 3.05) is 18.0 Å². The Bertz CT molecular complexity index is 1630. The summed E-state index contributed by atoms with van der Waals surface area (Å²) in [6, 6.07) is 15.9. The van der Waals surface area contributed by atoms with Crippen molar-refractivity contribution < 1.29 is 19.1 Å². The topological polar surface area (TPSA) is 104 Å². The van der Waals surface area contributed by atoms with E-state index in [1.165, 1.54) is 11.8 Å². The minimum absolute atomic E-state index is 0.195. The summed E-state index contributed by atoms with van der Waals surface area (Å²) in [5.41, 5.74) is 3.86. The zero-order valence-electron chi connectivity index (χ0n) is 24.1. The molecule has 0 saturated carbocycles. The molecule has 2 aromatic carbocycles. The highest BCUT2D eigenvalue weighted by Crippen LogP contribution is 2.51. The fourth-order valence-electron chi connectivity index (χ4n) is 5.75. The first-order valence-corrected chi connectivity index (χ1v) is 15.5. The van der Waals surface area contributed by atoms with Gasteiger partial charge in [-0.1, -0.05) is 47.1 Å². The van der Waals surface area contributed by atoms with Gasteiger partial charge in [0.2, 0.25) is 5.91 Å². The van der Waals surface area contributed by atoms with Crippen LogP contribution >= 0.6 is 23.4 Å². The number of thioether (sulfide) groups is 1. The number of aryl methyl sites for hydroxylation is 1. The number of urea groups is 1. The Morgan fingerprint density at radius 1 is 1.09 bits per heavy atom. The van der Waals surface area contributed by atoms with Crippen molar-refractivity contribution in [3.8, 4) is 11.5 Å². The summed E-state index contributed by atoms with van der Waals surface area (Å²) < 4.78 is 5.98. The highest BCUT2D eigenvalue weighted by Gasteiger charge is 2.47. The number of nitrogens with one attached hydrogen (secondary N) is 2.